The van der Waals surface area contributed by atoms with E-state index in [0.29, 0.717) is 40.8 Å². The molecule has 0 radical (unpaired) electrons. The molecule has 0 aromatic heterocycles. The highest BCUT2D eigenvalue weighted by atomic mass is 35.5. The Morgan fingerprint density at radius 2 is 1.90 bits per heavy atom. The van der Waals surface area contributed by atoms with Crippen LogP contribution in [0.5, 0.6) is 5.75 Å². The first-order valence-corrected chi connectivity index (χ1v) is 15.1. The van der Waals surface area contributed by atoms with Crippen molar-refractivity contribution in [2.24, 2.45) is 5.92 Å². The molecule has 0 spiro atoms. The van der Waals surface area contributed by atoms with E-state index in [9.17, 15) is 14.7 Å². The second kappa shape index (κ2) is 12.9. The van der Waals surface area contributed by atoms with Gasteiger partial charge in [-0.3, -0.25) is 14.5 Å². The lowest BCUT2D eigenvalue weighted by atomic mass is 9.69. The topological polar surface area (TPSA) is 88.1 Å². The largest absolute Gasteiger partial charge is 0.496 e. The van der Waals surface area contributed by atoms with Crippen LogP contribution in [0.3, 0.4) is 0 Å². The van der Waals surface area contributed by atoms with E-state index in [-0.39, 0.29) is 24.6 Å². The van der Waals surface area contributed by atoms with Gasteiger partial charge < -0.3 is 19.9 Å². The lowest BCUT2D eigenvalue weighted by Gasteiger charge is -2.45. The third-order valence-corrected chi connectivity index (χ3v) is 9.43. The van der Waals surface area contributed by atoms with Crippen LogP contribution in [-0.4, -0.2) is 54.7 Å². The van der Waals surface area contributed by atoms with Gasteiger partial charge in [-0.15, -0.1) is 0 Å². The number of amides is 1. The van der Waals surface area contributed by atoms with Gasteiger partial charge >= 0.3 is 5.97 Å². The first-order chi connectivity index (χ1) is 19.4. The Morgan fingerprint density at radius 3 is 2.58 bits per heavy atom. The lowest BCUT2D eigenvalue weighted by Crippen LogP contribution is -2.53. The predicted molar refractivity (Wildman–Crippen MR) is 156 cm³/mol. The average molecular weight is 569 g/mol. The zero-order valence-corrected chi connectivity index (χ0v) is 24.2. The second-order valence-corrected chi connectivity index (χ2v) is 12.0. The van der Waals surface area contributed by atoms with Gasteiger partial charge in [0, 0.05) is 24.6 Å². The molecule has 1 unspecified atom stereocenters. The van der Waals surface area contributed by atoms with Crippen molar-refractivity contribution in [3.05, 3.63) is 58.1 Å². The molecule has 3 aliphatic heterocycles. The molecule has 1 aliphatic carbocycles. The number of methoxy groups -OCH3 is 1. The maximum Gasteiger partial charge on any atom is 0.316 e. The quantitative estimate of drug-likeness (QED) is 0.361. The summed E-state index contributed by atoms with van der Waals surface area (Å²) in [5, 5.41) is 12.7. The van der Waals surface area contributed by atoms with Crippen LogP contribution in [0, 0.1) is 5.92 Å². The SMILES string of the molecule is COc1cc(NC(=O)CCCc2cccc(C3(C(=O)OC4CN5CCC4CC5)CCCCC3)c2)c(Cl)cc1CO. The van der Waals surface area contributed by atoms with Gasteiger partial charge in [0.05, 0.1) is 29.8 Å². The molecule has 216 valence electrons. The van der Waals surface area contributed by atoms with Gasteiger partial charge in [-0.1, -0.05) is 55.1 Å². The summed E-state index contributed by atoms with van der Waals surface area (Å²) in [6.45, 7) is 2.93. The number of rotatable bonds is 10. The normalized spacial score (nSPS) is 23.4. The van der Waals surface area contributed by atoms with Crippen molar-refractivity contribution in [2.75, 3.05) is 32.1 Å². The van der Waals surface area contributed by atoms with Gasteiger partial charge in [-0.25, -0.2) is 0 Å². The summed E-state index contributed by atoms with van der Waals surface area (Å²) in [5.41, 5.74) is 2.63. The zero-order valence-electron chi connectivity index (χ0n) is 23.4. The molecular weight excluding hydrogens is 528 g/mol. The smallest absolute Gasteiger partial charge is 0.316 e. The molecule has 7 nitrogen and oxygen atoms in total. The maximum absolute atomic E-state index is 13.8. The number of ether oxygens (including phenoxy) is 2. The summed E-state index contributed by atoms with van der Waals surface area (Å²) in [6.07, 6.45) is 8.88. The first-order valence-electron chi connectivity index (χ1n) is 14.7. The molecule has 2 aromatic rings. The van der Waals surface area contributed by atoms with E-state index < -0.39 is 5.41 Å². The number of benzene rings is 2. The monoisotopic (exact) mass is 568 g/mol. The number of esters is 1. The van der Waals surface area contributed by atoms with Gasteiger partial charge in [0.15, 0.2) is 0 Å². The fraction of sp³-hybridized carbons (Fsp3) is 0.562. The molecule has 2 N–H and O–H groups in total. The molecule has 1 amide bonds. The summed E-state index contributed by atoms with van der Waals surface area (Å²) in [7, 11) is 1.51. The summed E-state index contributed by atoms with van der Waals surface area (Å²) in [5.74, 6) is 0.794. The molecule has 40 heavy (non-hydrogen) atoms. The Bertz CT molecular complexity index is 1200. The number of nitrogens with zero attached hydrogens (tertiary/aromatic N) is 1. The average Bonchev–Trinajstić information content (AvgIpc) is 2.99. The van der Waals surface area contributed by atoms with E-state index in [1.54, 1.807) is 12.1 Å². The fourth-order valence-corrected chi connectivity index (χ4v) is 6.99. The maximum atomic E-state index is 13.8. The zero-order chi connectivity index (χ0) is 28.1. The molecule has 8 heteroatoms. The third-order valence-electron chi connectivity index (χ3n) is 9.12. The van der Waals surface area contributed by atoms with Crippen molar-refractivity contribution in [3.63, 3.8) is 0 Å². The predicted octanol–water partition coefficient (Wildman–Crippen LogP) is 5.64. The third kappa shape index (κ3) is 6.32. The van der Waals surface area contributed by atoms with Crippen LogP contribution in [0.1, 0.15) is 74.5 Å². The molecule has 1 atom stereocenters. The van der Waals surface area contributed by atoms with Crippen molar-refractivity contribution >= 4 is 29.2 Å². The molecule has 3 saturated heterocycles. The van der Waals surface area contributed by atoms with Gasteiger partial charge in [0.1, 0.15) is 11.9 Å². The van der Waals surface area contributed by atoms with Crippen LogP contribution >= 0.6 is 11.6 Å². The molecular formula is C32H41ClN2O5. The number of nitrogens with one attached hydrogen (secondary N) is 1. The Balaban J connectivity index is 1.22. The van der Waals surface area contributed by atoms with Gasteiger partial charge in [-0.05, 0) is 74.7 Å². The number of aliphatic hydroxyl groups excluding tert-OH is 1. The van der Waals surface area contributed by atoms with Crippen LogP contribution in [0.2, 0.25) is 5.02 Å². The van der Waals surface area contributed by atoms with Crippen molar-refractivity contribution < 1.29 is 24.2 Å². The summed E-state index contributed by atoms with van der Waals surface area (Å²) in [4.78, 5) is 28.9. The number of hydrogen-bond acceptors (Lipinski definition) is 6. The minimum atomic E-state index is -0.575. The minimum absolute atomic E-state index is 0.0174. The Hall–Kier alpha value is -2.61. The summed E-state index contributed by atoms with van der Waals surface area (Å²) < 4.78 is 11.6. The number of aryl methyl sites for hydroxylation is 1. The highest BCUT2D eigenvalue weighted by Crippen LogP contribution is 2.42. The van der Waals surface area contributed by atoms with Crippen LogP contribution in [-0.2, 0) is 32.8 Å². The molecule has 2 aromatic carbocycles. The highest BCUT2D eigenvalue weighted by molar-refractivity contribution is 6.33. The summed E-state index contributed by atoms with van der Waals surface area (Å²) in [6, 6.07) is 11.6. The second-order valence-electron chi connectivity index (χ2n) is 11.6. The first kappa shape index (κ1) is 28.9. The van der Waals surface area contributed by atoms with E-state index in [1.807, 2.05) is 6.07 Å². The number of anilines is 1. The van der Waals surface area contributed by atoms with E-state index in [1.165, 1.54) is 7.11 Å². The Kier molecular flexibility index (Phi) is 9.34. The van der Waals surface area contributed by atoms with Crippen molar-refractivity contribution in [1.29, 1.82) is 0 Å². The van der Waals surface area contributed by atoms with Gasteiger partial charge in [0.2, 0.25) is 5.91 Å². The minimum Gasteiger partial charge on any atom is -0.496 e. The fourth-order valence-electron chi connectivity index (χ4n) is 6.75. The highest BCUT2D eigenvalue weighted by Gasteiger charge is 2.45. The molecule has 3 heterocycles. The van der Waals surface area contributed by atoms with Crippen LogP contribution in [0.4, 0.5) is 5.69 Å². The molecule has 6 rings (SSSR count). The Morgan fingerprint density at radius 1 is 1.12 bits per heavy atom. The number of hydrogen-bond donors (Lipinski definition) is 2. The Labute approximate surface area is 242 Å². The molecule has 4 aliphatic rings. The van der Waals surface area contributed by atoms with Crippen LogP contribution < -0.4 is 10.1 Å². The van der Waals surface area contributed by atoms with Crippen LogP contribution in [0.25, 0.3) is 0 Å². The molecule has 4 fully saturated rings. The number of aliphatic hydroxyl groups is 1. The van der Waals surface area contributed by atoms with Gasteiger partial charge in [0.25, 0.3) is 0 Å². The van der Waals surface area contributed by atoms with E-state index in [0.717, 1.165) is 82.1 Å². The van der Waals surface area contributed by atoms with Gasteiger partial charge in [-0.2, -0.15) is 0 Å². The molecule has 2 bridgehead atoms. The number of halogens is 1. The number of carbonyl (C=O) groups is 2. The number of carbonyl (C=O) groups excluding carboxylic acids is 2. The number of fused-ring (bicyclic) bond motifs is 3. The van der Waals surface area contributed by atoms with E-state index in [4.69, 9.17) is 21.1 Å². The molecule has 1 saturated carbocycles. The lowest BCUT2D eigenvalue weighted by molar-refractivity contribution is -0.167. The van der Waals surface area contributed by atoms with Crippen molar-refractivity contribution in [1.82, 2.24) is 4.90 Å². The van der Waals surface area contributed by atoms with E-state index >= 15 is 0 Å². The summed E-state index contributed by atoms with van der Waals surface area (Å²) >= 11 is 6.30. The van der Waals surface area contributed by atoms with E-state index in [2.05, 4.69) is 28.4 Å². The van der Waals surface area contributed by atoms with Crippen molar-refractivity contribution in [2.45, 2.75) is 82.3 Å². The number of piperidine rings is 3. The standard InChI is InChI=1S/C32H41ClN2O5/c1-39-28-19-27(26(33)18-24(28)21-36)34-30(37)10-6-8-22-7-5-9-25(17-22)32(13-3-2-4-14-32)31(38)40-29-20-35-15-11-23(29)12-16-35/h5,7,9,17-19,23,29,36H,2-4,6,8,10-16,20-21H2,1H3,(H,34,37). The van der Waals surface area contributed by atoms with Crippen molar-refractivity contribution in [3.8, 4) is 5.75 Å². The van der Waals surface area contributed by atoms with Crippen LogP contribution in [0.15, 0.2) is 36.4 Å².